The van der Waals surface area contributed by atoms with E-state index in [0.717, 1.165) is 11.4 Å². The summed E-state index contributed by atoms with van der Waals surface area (Å²) in [5.41, 5.74) is 1.49. The van der Waals surface area contributed by atoms with Crippen molar-refractivity contribution in [2.75, 3.05) is 11.9 Å². The quantitative estimate of drug-likeness (QED) is 0.646. The Morgan fingerprint density at radius 1 is 1.47 bits per heavy atom. The molecule has 0 saturated carbocycles. The van der Waals surface area contributed by atoms with E-state index in [0.29, 0.717) is 0 Å². The molecule has 0 bridgehead atoms. The number of hydrogen-bond acceptors (Lipinski definition) is 5. The van der Waals surface area contributed by atoms with E-state index < -0.39 is 18.6 Å². The van der Waals surface area contributed by atoms with Gasteiger partial charge in [0, 0.05) is 11.4 Å². The van der Waals surface area contributed by atoms with E-state index in [9.17, 15) is 4.79 Å². The molecule has 82 valence electrons. The smallest absolute Gasteiger partial charge is 0.328 e. The molecule has 0 fully saturated rings. The van der Waals surface area contributed by atoms with Crippen molar-refractivity contribution in [3.8, 4) is 0 Å². The van der Waals surface area contributed by atoms with E-state index in [1.54, 1.807) is 19.9 Å². The summed E-state index contributed by atoms with van der Waals surface area (Å²) in [6.45, 7) is 3.06. The normalized spacial score (nSPS) is 12.2. The molecule has 0 radical (unpaired) electrons. The van der Waals surface area contributed by atoms with Gasteiger partial charge in [-0.15, -0.1) is 0 Å². The van der Waals surface area contributed by atoms with Crippen LogP contribution in [0.4, 0.5) is 5.95 Å². The van der Waals surface area contributed by atoms with Crippen molar-refractivity contribution in [3.63, 3.8) is 0 Å². The maximum Gasteiger partial charge on any atom is 0.328 e. The van der Waals surface area contributed by atoms with Gasteiger partial charge in [-0.05, 0) is 19.9 Å². The molecular formula is C9H13N3O3. The van der Waals surface area contributed by atoms with E-state index in [1.807, 2.05) is 0 Å². The van der Waals surface area contributed by atoms with Crippen LogP contribution in [0.5, 0.6) is 0 Å². The van der Waals surface area contributed by atoms with Crippen LogP contribution in [0.2, 0.25) is 0 Å². The molecule has 0 aliphatic carbocycles. The molecule has 1 aromatic heterocycles. The largest absolute Gasteiger partial charge is 0.480 e. The summed E-state index contributed by atoms with van der Waals surface area (Å²) in [7, 11) is 0. The van der Waals surface area contributed by atoms with Gasteiger partial charge in [-0.1, -0.05) is 0 Å². The Kier molecular flexibility index (Phi) is 3.56. The summed E-state index contributed by atoms with van der Waals surface area (Å²) in [6.07, 6.45) is 0. The van der Waals surface area contributed by atoms with Gasteiger partial charge in [0.1, 0.15) is 0 Å². The number of carbonyl (C=O) groups is 1. The zero-order valence-electron chi connectivity index (χ0n) is 8.56. The van der Waals surface area contributed by atoms with Crippen LogP contribution >= 0.6 is 0 Å². The number of aromatic nitrogens is 2. The molecule has 6 nitrogen and oxygen atoms in total. The van der Waals surface area contributed by atoms with Crippen LogP contribution in [-0.4, -0.2) is 38.8 Å². The lowest BCUT2D eigenvalue weighted by atomic mass is 10.3. The fraction of sp³-hybridized carbons (Fsp3) is 0.444. The zero-order chi connectivity index (χ0) is 11.4. The van der Waals surface area contributed by atoms with Gasteiger partial charge in [0.15, 0.2) is 6.04 Å². The van der Waals surface area contributed by atoms with Crippen molar-refractivity contribution in [2.45, 2.75) is 19.9 Å². The van der Waals surface area contributed by atoms with Crippen LogP contribution in [0.15, 0.2) is 6.07 Å². The van der Waals surface area contributed by atoms with Gasteiger partial charge in [-0.3, -0.25) is 0 Å². The van der Waals surface area contributed by atoms with Gasteiger partial charge in [0.2, 0.25) is 5.95 Å². The van der Waals surface area contributed by atoms with Crippen LogP contribution in [-0.2, 0) is 4.79 Å². The van der Waals surface area contributed by atoms with E-state index in [1.165, 1.54) is 0 Å². The Labute approximate surface area is 87.0 Å². The topological polar surface area (TPSA) is 95.3 Å². The highest BCUT2D eigenvalue weighted by Crippen LogP contribution is 2.05. The lowest BCUT2D eigenvalue weighted by Gasteiger charge is -2.11. The van der Waals surface area contributed by atoms with Crippen molar-refractivity contribution in [1.82, 2.24) is 9.97 Å². The molecule has 0 unspecified atom stereocenters. The van der Waals surface area contributed by atoms with E-state index >= 15 is 0 Å². The number of nitrogens with one attached hydrogen (secondary N) is 1. The number of aryl methyl sites for hydroxylation is 2. The van der Waals surface area contributed by atoms with Crippen molar-refractivity contribution in [1.29, 1.82) is 0 Å². The van der Waals surface area contributed by atoms with Crippen molar-refractivity contribution < 1.29 is 15.0 Å². The summed E-state index contributed by atoms with van der Waals surface area (Å²) < 4.78 is 0. The lowest BCUT2D eigenvalue weighted by molar-refractivity contribution is -0.138. The van der Waals surface area contributed by atoms with Crippen molar-refractivity contribution >= 4 is 11.9 Å². The first-order valence-corrected chi connectivity index (χ1v) is 4.45. The van der Waals surface area contributed by atoms with Crippen molar-refractivity contribution in [2.24, 2.45) is 0 Å². The number of rotatable bonds is 4. The van der Waals surface area contributed by atoms with Gasteiger partial charge in [-0.2, -0.15) is 0 Å². The number of aliphatic hydroxyl groups excluding tert-OH is 1. The lowest BCUT2D eigenvalue weighted by Crippen LogP contribution is -2.33. The van der Waals surface area contributed by atoms with Crippen molar-refractivity contribution in [3.05, 3.63) is 17.5 Å². The molecule has 15 heavy (non-hydrogen) atoms. The maximum atomic E-state index is 10.6. The van der Waals surface area contributed by atoms with Gasteiger partial charge in [-0.25, -0.2) is 14.8 Å². The number of anilines is 1. The van der Waals surface area contributed by atoms with E-state index in [2.05, 4.69) is 15.3 Å². The summed E-state index contributed by atoms with van der Waals surface area (Å²) in [5.74, 6) is -0.922. The molecule has 0 amide bonds. The molecule has 1 atom stereocenters. The SMILES string of the molecule is Cc1cc(C)nc(N[C@@H](CO)C(=O)O)n1. The first-order valence-electron chi connectivity index (χ1n) is 4.45. The molecule has 3 N–H and O–H groups in total. The Morgan fingerprint density at radius 3 is 2.40 bits per heavy atom. The number of hydrogen-bond donors (Lipinski definition) is 3. The minimum Gasteiger partial charge on any atom is -0.480 e. The Balaban J connectivity index is 2.83. The molecule has 0 aliphatic heterocycles. The number of carboxylic acids is 1. The maximum absolute atomic E-state index is 10.6. The number of aliphatic carboxylic acids is 1. The Bertz CT molecular complexity index is 347. The fourth-order valence-corrected chi connectivity index (χ4v) is 1.13. The minimum atomic E-state index is -1.14. The second-order valence-corrected chi connectivity index (χ2v) is 3.19. The molecule has 0 saturated heterocycles. The first-order chi connectivity index (χ1) is 7.02. The van der Waals surface area contributed by atoms with Gasteiger partial charge >= 0.3 is 5.97 Å². The molecule has 1 aromatic rings. The summed E-state index contributed by atoms with van der Waals surface area (Å²) in [5, 5.41) is 20.0. The van der Waals surface area contributed by atoms with Crippen LogP contribution in [0, 0.1) is 13.8 Å². The predicted octanol–water partition coefficient (Wildman–Crippen LogP) is -0.0492. The predicted molar refractivity (Wildman–Crippen MR) is 53.6 cm³/mol. The third kappa shape index (κ3) is 3.17. The van der Waals surface area contributed by atoms with Gasteiger partial charge in [0.05, 0.1) is 6.61 Å². The monoisotopic (exact) mass is 211 g/mol. The summed E-state index contributed by atoms with van der Waals surface area (Å²) >= 11 is 0. The minimum absolute atomic E-state index is 0.217. The molecule has 1 heterocycles. The highest BCUT2D eigenvalue weighted by molar-refractivity contribution is 5.76. The third-order valence-corrected chi connectivity index (χ3v) is 1.77. The van der Waals surface area contributed by atoms with Crippen LogP contribution in [0.25, 0.3) is 0 Å². The van der Waals surface area contributed by atoms with Gasteiger partial charge in [0.25, 0.3) is 0 Å². The average Bonchev–Trinajstić information content (AvgIpc) is 2.12. The molecular weight excluding hydrogens is 198 g/mol. The highest BCUT2D eigenvalue weighted by atomic mass is 16.4. The number of aliphatic hydroxyl groups is 1. The van der Waals surface area contributed by atoms with Crippen LogP contribution in [0.1, 0.15) is 11.4 Å². The summed E-state index contributed by atoms with van der Waals surface area (Å²) in [6, 6.07) is 0.700. The van der Waals surface area contributed by atoms with E-state index in [-0.39, 0.29) is 5.95 Å². The third-order valence-electron chi connectivity index (χ3n) is 1.77. The first kappa shape index (κ1) is 11.4. The second-order valence-electron chi connectivity index (χ2n) is 3.19. The number of nitrogens with zero attached hydrogens (tertiary/aromatic N) is 2. The Hall–Kier alpha value is -1.69. The summed E-state index contributed by atoms with van der Waals surface area (Å²) in [4.78, 5) is 18.6. The zero-order valence-corrected chi connectivity index (χ0v) is 8.56. The number of carboxylic acid groups (broad SMARTS) is 1. The van der Waals surface area contributed by atoms with Gasteiger partial charge < -0.3 is 15.5 Å². The standard InChI is InChI=1S/C9H13N3O3/c1-5-3-6(2)11-9(10-5)12-7(4-13)8(14)15/h3,7,13H,4H2,1-2H3,(H,14,15)(H,10,11,12)/t7-/m0/s1. The second kappa shape index (κ2) is 4.70. The average molecular weight is 211 g/mol. The molecule has 0 aromatic carbocycles. The van der Waals surface area contributed by atoms with Crippen LogP contribution in [0.3, 0.4) is 0 Å². The molecule has 0 spiro atoms. The molecule has 1 rings (SSSR count). The Morgan fingerprint density at radius 2 is 2.00 bits per heavy atom. The molecule has 0 aliphatic rings. The van der Waals surface area contributed by atoms with E-state index in [4.69, 9.17) is 10.2 Å². The fourth-order valence-electron chi connectivity index (χ4n) is 1.13. The highest BCUT2D eigenvalue weighted by Gasteiger charge is 2.16. The molecule has 6 heteroatoms. The van der Waals surface area contributed by atoms with Crippen LogP contribution < -0.4 is 5.32 Å².